The number of halogens is 1. The van der Waals surface area contributed by atoms with Gasteiger partial charge in [-0.1, -0.05) is 25.4 Å². The lowest BCUT2D eigenvalue weighted by Crippen LogP contribution is -2.41. The Labute approximate surface area is 193 Å². The Morgan fingerprint density at radius 2 is 1.91 bits per heavy atom. The maximum Gasteiger partial charge on any atom is 0.328 e. The molecule has 172 valence electrons. The zero-order valence-corrected chi connectivity index (χ0v) is 19.5. The molecule has 2 heterocycles. The maximum atomic E-state index is 12.6. The van der Waals surface area contributed by atoms with E-state index in [1.807, 2.05) is 19.9 Å². The van der Waals surface area contributed by atoms with Gasteiger partial charge in [-0.05, 0) is 47.6 Å². The van der Waals surface area contributed by atoms with Gasteiger partial charge in [0, 0.05) is 35.8 Å². The number of hydrogen-bond donors (Lipinski definition) is 2. The number of nitrogens with two attached hydrogens (primary N) is 1. The van der Waals surface area contributed by atoms with E-state index in [2.05, 4.69) is 4.90 Å². The number of esters is 1. The standard InChI is InChI=1S/C24H29ClN2O5/c1-12(2)22(26)24(29)32-23-16-11-27-6-5-13-7-20(30-3)19(28)9-14(13)18(27)8-15(16)17(25)10-21(23)31-4/h7,9-10,12,18,22,28H,5-6,8,11,26H2,1-4H3/t18?,22-/m0/s1. The van der Waals surface area contributed by atoms with Crippen LogP contribution in [0.4, 0.5) is 0 Å². The molecule has 0 saturated heterocycles. The number of hydrogen-bond acceptors (Lipinski definition) is 7. The molecule has 0 spiro atoms. The number of carbonyl (C=O) groups is 1. The van der Waals surface area contributed by atoms with E-state index in [9.17, 15) is 9.90 Å². The van der Waals surface area contributed by atoms with E-state index in [0.29, 0.717) is 35.2 Å². The van der Waals surface area contributed by atoms with E-state index in [1.54, 1.807) is 19.2 Å². The SMILES string of the molecule is COc1cc2c(cc1O)C1Cc3c(Cl)cc(OC)c(OC(=O)[C@@H](N)C(C)C)c3CN1CC2. The number of rotatable bonds is 5. The normalized spacial score (nSPS) is 18.4. The summed E-state index contributed by atoms with van der Waals surface area (Å²) in [6, 6.07) is 4.70. The highest BCUT2D eigenvalue weighted by molar-refractivity contribution is 6.31. The van der Waals surface area contributed by atoms with Gasteiger partial charge < -0.3 is 25.1 Å². The molecule has 0 aromatic heterocycles. The number of aromatic hydroxyl groups is 1. The molecule has 1 unspecified atom stereocenters. The highest BCUT2D eigenvalue weighted by Gasteiger charge is 2.37. The van der Waals surface area contributed by atoms with Crippen LogP contribution in [0.15, 0.2) is 18.2 Å². The summed E-state index contributed by atoms with van der Waals surface area (Å²) in [5.74, 6) is 0.852. The fourth-order valence-corrected chi connectivity index (χ4v) is 4.84. The smallest absolute Gasteiger partial charge is 0.328 e. The summed E-state index contributed by atoms with van der Waals surface area (Å²) in [5.41, 5.74) is 9.99. The molecule has 2 atom stereocenters. The molecule has 2 aromatic carbocycles. The largest absolute Gasteiger partial charge is 0.504 e. The molecule has 4 rings (SSSR count). The molecule has 3 N–H and O–H groups in total. The third-order valence-electron chi connectivity index (χ3n) is 6.49. The quantitative estimate of drug-likeness (QED) is 0.520. The number of phenols is 1. The molecule has 0 saturated carbocycles. The minimum atomic E-state index is -0.734. The summed E-state index contributed by atoms with van der Waals surface area (Å²) in [6.07, 6.45) is 1.45. The van der Waals surface area contributed by atoms with Gasteiger partial charge in [0.15, 0.2) is 23.0 Å². The molecule has 8 heteroatoms. The van der Waals surface area contributed by atoms with Crippen LogP contribution in [0.3, 0.4) is 0 Å². The Kier molecular flexibility index (Phi) is 6.25. The van der Waals surface area contributed by atoms with E-state index in [4.69, 9.17) is 31.5 Å². The maximum absolute atomic E-state index is 12.6. The van der Waals surface area contributed by atoms with E-state index >= 15 is 0 Å². The third kappa shape index (κ3) is 3.89. The second-order valence-electron chi connectivity index (χ2n) is 8.70. The molecule has 2 aliphatic heterocycles. The molecule has 0 fully saturated rings. The first-order valence-corrected chi connectivity index (χ1v) is 11.1. The van der Waals surface area contributed by atoms with Crippen molar-refractivity contribution in [3.05, 3.63) is 45.5 Å². The number of nitrogens with zero attached hydrogens (tertiary/aromatic N) is 1. The van der Waals surface area contributed by atoms with E-state index in [-0.39, 0.29) is 17.7 Å². The van der Waals surface area contributed by atoms with Crippen LogP contribution in [0.5, 0.6) is 23.0 Å². The Bertz CT molecular complexity index is 1060. The number of phenolic OH excluding ortho intramolecular Hbond substituents is 1. The summed E-state index contributed by atoms with van der Waals surface area (Å²) in [7, 11) is 3.07. The summed E-state index contributed by atoms with van der Waals surface area (Å²) in [4.78, 5) is 15.0. The van der Waals surface area contributed by atoms with Crippen LogP contribution in [0, 0.1) is 5.92 Å². The van der Waals surface area contributed by atoms with Crippen LogP contribution < -0.4 is 19.9 Å². The van der Waals surface area contributed by atoms with Crippen LogP contribution in [-0.4, -0.2) is 42.8 Å². The summed E-state index contributed by atoms with van der Waals surface area (Å²) >= 11 is 6.65. The van der Waals surface area contributed by atoms with Gasteiger partial charge in [-0.2, -0.15) is 0 Å². The fraction of sp³-hybridized carbons (Fsp3) is 0.458. The van der Waals surface area contributed by atoms with Gasteiger partial charge in [0.05, 0.1) is 14.2 Å². The van der Waals surface area contributed by atoms with Crippen LogP contribution in [0.25, 0.3) is 0 Å². The first-order valence-electron chi connectivity index (χ1n) is 10.7. The summed E-state index contributed by atoms with van der Waals surface area (Å²) in [6.45, 7) is 5.11. The first kappa shape index (κ1) is 22.7. The van der Waals surface area contributed by atoms with Crippen molar-refractivity contribution in [2.24, 2.45) is 11.7 Å². The molecule has 2 aliphatic rings. The molecule has 7 nitrogen and oxygen atoms in total. The average Bonchev–Trinajstić information content (AvgIpc) is 2.78. The molecule has 0 aliphatic carbocycles. The minimum Gasteiger partial charge on any atom is -0.504 e. The van der Waals surface area contributed by atoms with Crippen molar-refractivity contribution in [1.29, 1.82) is 0 Å². The van der Waals surface area contributed by atoms with Crippen molar-refractivity contribution in [2.45, 2.75) is 45.3 Å². The average molecular weight is 461 g/mol. The van der Waals surface area contributed by atoms with Crippen molar-refractivity contribution in [2.75, 3.05) is 20.8 Å². The lowest BCUT2D eigenvalue weighted by molar-refractivity contribution is -0.137. The Morgan fingerprint density at radius 3 is 2.56 bits per heavy atom. The second kappa shape index (κ2) is 8.81. The molecule has 2 aromatic rings. The van der Waals surface area contributed by atoms with E-state index < -0.39 is 12.0 Å². The van der Waals surface area contributed by atoms with E-state index in [1.165, 1.54) is 7.11 Å². The first-order chi connectivity index (χ1) is 15.2. The van der Waals surface area contributed by atoms with Crippen molar-refractivity contribution < 1.29 is 24.1 Å². The molecule has 32 heavy (non-hydrogen) atoms. The van der Waals surface area contributed by atoms with Gasteiger partial charge in [0.1, 0.15) is 6.04 Å². The number of carbonyl (C=O) groups excluding carboxylic acids is 1. The Balaban J connectivity index is 1.75. The van der Waals surface area contributed by atoms with Crippen molar-refractivity contribution >= 4 is 17.6 Å². The molecular weight excluding hydrogens is 432 g/mol. The van der Waals surface area contributed by atoms with Gasteiger partial charge >= 0.3 is 5.97 Å². The Morgan fingerprint density at radius 1 is 1.19 bits per heavy atom. The van der Waals surface area contributed by atoms with Crippen LogP contribution >= 0.6 is 11.6 Å². The van der Waals surface area contributed by atoms with Crippen molar-refractivity contribution in [1.82, 2.24) is 4.90 Å². The zero-order valence-electron chi connectivity index (χ0n) is 18.8. The van der Waals surface area contributed by atoms with Crippen LogP contribution in [0.2, 0.25) is 5.02 Å². The van der Waals surface area contributed by atoms with Gasteiger partial charge in [-0.3, -0.25) is 4.90 Å². The highest BCUT2D eigenvalue weighted by Crippen LogP contribution is 2.48. The topological polar surface area (TPSA) is 94.2 Å². The lowest BCUT2D eigenvalue weighted by Gasteiger charge is -2.42. The fourth-order valence-electron chi connectivity index (χ4n) is 4.55. The van der Waals surface area contributed by atoms with Crippen LogP contribution in [0.1, 0.15) is 42.1 Å². The summed E-state index contributed by atoms with van der Waals surface area (Å²) < 4.78 is 16.6. The molecule has 0 bridgehead atoms. The second-order valence-corrected chi connectivity index (χ2v) is 9.11. The molecule has 0 radical (unpaired) electrons. The third-order valence-corrected chi connectivity index (χ3v) is 6.83. The van der Waals surface area contributed by atoms with Gasteiger partial charge in [-0.15, -0.1) is 0 Å². The highest BCUT2D eigenvalue weighted by atomic mass is 35.5. The van der Waals surface area contributed by atoms with Crippen molar-refractivity contribution in [3.8, 4) is 23.0 Å². The molecule has 0 amide bonds. The number of benzene rings is 2. The predicted octanol–water partition coefficient (Wildman–Crippen LogP) is 3.61. The number of ether oxygens (including phenoxy) is 3. The predicted molar refractivity (Wildman–Crippen MR) is 122 cm³/mol. The lowest BCUT2D eigenvalue weighted by atomic mass is 9.83. The van der Waals surface area contributed by atoms with Gasteiger partial charge in [0.2, 0.25) is 0 Å². The Hall–Kier alpha value is -2.48. The minimum absolute atomic E-state index is 0.0513. The van der Waals surface area contributed by atoms with Gasteiger partial charge in [-0.25, -0.2) is 4.79 Å². The zero-order chi connectivity index (χ0) is 23.2. The van der Waals surface area contributed by atoms with Crippen LogP contribution in [-0.2, 0) is 24.2 Å². The van der Waals surface area contributed by atoms with Crippen molar-refractivity contribution in [3.63, 3.8) is 0 Å². The monoisotopic (exact) mass is 460 g/mol. The van der Waals surface area contributed by atoms with E-state index in [0.717, 1.165) is 35.2 Å². The van der Waals surface area contributed by atoms with Gasteiger partial charge in [0.25, 0.3) is 0 Å². The molecular formula is C24H29ClN2O5. The summed E-state index contributed by atoms with van der Waals surface area (Å²) in [5, 5.41) is 10.9. The number of fused-ring (bicyclic) bond motifs is 4. The number of methoxy groups -OCH3 is 2.